The lowest BCUT2D eigenvalue weighted by atomic mass is 9.93. The first-order valence-corrected chi connectivity index (χ1v) is 8.45. The van der Waals surface area contributed by atoms with Crippen LogP contribution in [0.2, 0.25) is 0 Å². The van der Waals surface area contributed by atoms with Gasteiger partial charge >= 0.3 is 0 Å². The Bertz CT molecular complexity index is 509. The number of benzene rings is 1. The van der Waals surface area contributed by atoms with Crippen LogP contribution in [0.15, 0.2) is 30.3 Å². The predicted molar refractivity (Wildman–Crippen MR) is 76.9 cm³/mol. The van der Waals surface area contributed by atoms with Crippen LogP contribution in [0.3, 0.4) is 0 Å². The van der Waals surface area contributed by atoms with Gasteiger partial charge in [0.05, 0.1) is 17.9 Å². The Hall–Kier alpha value is -0.950. The van der Waals surface area contributed by atoms with Crippen molar-refractivity contribution in [3.63, 3.8) is 0 Å². The zero-order valence-electron chi connectivity index (χ0n) is 11.4. The summed E-state index contributed by atoms with van der Waals surface area (Å²) in [5, 5.41) is 9.51. The molecule has 1 heterocycles. The van der Waals surface area contributed by atoms with Crippen LogP contribution in [0, 0.1) is 0 Å². The van der Waals surface area contributed by atoms with E-state index >= 15 is 0 Å². The van der Waals surface area contributed by atoms with E-state index in [1.54, 1.807) is 0 Å². The highest BCUT2D eigenvalue weighted by Gasteiger charge is 2.35. The van der Waals surface area contributed by atoms with Crippen molar-refractivity contribution >= 4 is 10.0 Å². The molecule has 2 N–H and O–H groups in total. The molecular formula is C14H21NO4S. The fourth-order valence-electron chi connectivity index (χ4n) is 2.33. The minimum Gasteiger partial charge on any atom is -0.394 e. The van der Waals surface area contributed by atoms with Gasteiger partial charge in [-0.15, -0.1) is 0 Å². The quantitative estimate of drug-likeness (QED) is 0.810. The molecule has 1 aliphatic rings. The Labute approximate surface area is 120 Å². The van der Waals surface area contributed by atoms with Gasteiger partial charge in [-0.05, 0) is 24.8 Å². The van der Waals surface area contributed by atoms with Crippen molar-refractivity contribution in [1.29, 1.82) is 0 Å². The second kappa shape index (κ2) is 6.67. The molecule has 112 valence electrons. The van der Waals surface area contributed by atoms with Crippen molar-refractivity contribution in [3.05, 3.63) is 35.9 Å². The van der Waals surface area contributed by atoms with Crippen LogP contribution >= 0.6 is 0 Å². The van der Waals surface area contributed by atoms with Crippen LogP contribution in [0.4, 0.5) is 0 Å². The van der Waals surface area contributed by atoms with Gasteiger partial charge in [-0.2, -0.15) is 0 Å². The second-order valence-electron chi connectivity index (χ2n) is 5.21. The highest BCUT2D eigenvalue weighted by Crippen LogP contribution is 2.21. The summed E-state index contributed by atoms with van der Waals surface area (Å²) in [6.07, 6.45) is 1.48. The third-order valence-corrected chi connectivity index (χ3v) is 5.11. The molecular weight excluding hydrogens is 278 g/mol. The minimum atomic E-state index is -3.42. The molecule has 1 aliphatic heterocycles. The van der Waals surface area contributed by atoms with E-state index in [0.29, 0.717) is 32.5 Å². The summed E-state index contributed by atoms with van der Waals surface area (Å²) >= 11 is 0. The van der Waals surface area contributed by atoms with E-state index in [1.165, 1.54) is 0 Å². The molecule has 0 aromatic heterocycles. The Kier molecular flexibility index (Phi) is 5.15. The predicted octanol–water partition coefficient (Wildman–Crippen LogP) is 0.690. The van der Waals surface area contributed by atoms with E-state index in [9.17, 15) is 13.5 Å². The number of sulfonamides is 1. The minimum absolute atomic E-state index is 0.0274. The molecule has 0 unspecified atom stereocenters. The topological polar surface area (TPSA) is 75.6 Å². The molecule has 1 fully saturated rings. The first-order valence-electron chi connectivity index (χ1n) is 6.79. The van der Waals surface area contributed by atoms with Crippen molar-refractivity contribution in [2.75, 3.05) is 25.6 Å². The van der Waals surface area contributed by atoms with Crippen LogP contribution in [-0.2, 0) is 21.2 Å². The normalized spacial score (nSPS) is 18.9. The SMILES string of the molecule is O=S(=O)(CCc1ccccc1)NC1(CO)CCOCC1. The Morgan fingerprint density at radius 1 is 1.20 bits per heavy atom. The van der Waals surface area contributed by atoms with Crippen molar-refractivity contribution < 1.29 is 18.3 Å². The number of hydrogen-bond acceptors (Lipinski definition) is 4. The van der Waals surface area contributed by atoms with Gasteiger partial charge in [0.25, 0.3) is 0 Å². The van der Waals surface area contributed by atoms with Gasteiger partial charge in [-0.3, -0.25) is 0 Å². The Balaban J connectivity index is 1.96. The molecule has 0 atom stereocenters. The van der Waals surface area contributed by atoms with Crippen molar-refractivity contribution in [3.8, 4) is 0 Å². The standard InChI is InChI=1S/C14H21NO4S/c16-12-14(7-9-19-10-8-14)15-20(17,18)11-6-13-4-2-1-3-5-13/h1-5,15-16H,6-12H2. The number of ether oxygens (including phenoxy) is 1. The van der Waals surface area contributed by atoms with Gasteiger partial charge in [-0.1, -0.05) is 30.3 Å². The number of aryl methyl sites for hydroxylation is 1. The molecule has 0 radical (unpaired) electrons. The zero-order chi connectivity index (χ0) is 14.5. The maximum atomic E-state index is 12.2. The molecule has 0 aliphatic carbocycles. The third kappa shape index (κ3) is 4.28. The summed E-state index contributed by atoms with van der Waals surface area (Å²) in [7, 11) is -3.42. The maximum absolute atomic E-state index is 12.2. The average Bonchev–Trinajstić information content (AvgIpc) is 2.47. The first kappa shape index (κ1) is 15.4. The molecule has 0 bridgehead atoms. The summed E-state index contributed by atoms with van der Waals surface area (Å²) < 4.78 is 32.2. The summed E-state index contributed by atoms with van der Waals surface area (Å²) in [6, 6.07) is 9.50. The van der Waals surface area contributed by atoms with Gasteiger partial charge in [0.1, 0.15) is 0 Å². The van der Waals surface area contributed by atoms with Crippen molar-refractivity contribution in [2.24, 2.45) is 0 Å². The summed E-state index contributed by atoms with van der Waals surface area (Å²) in [6.45, 7) is 0.754. The first-order chi connectivity index (χ1) is 9.55. The van der Waals surface area contributed by atoms with E-state index in [0.717, 1.165) is 5.56 Å². The fourth-order valence-corrected chi connectivity index (χ4v) is 3.87. The number of rotatable bonds is 6. The van der Waals surface area contributed by atoms with E-state index in [1.807, 2.05) is 30.3 Å². The Morgan fingerprint density at radius 2 is 1.85 bits per heavy atom. The lowest BCUT2D eigenvalue weighted by molar-refractivity contribution is 0.0223. The molecule has 0 spiro atoms. The van der Waals surface area contributed by atoms with Gasteiger partial charge in [0.15, 0.2) is 0 Å². The molecule has 6 heteroatoms. The smallest absolute Gasteiger partial charge is 0.212 e. The Morgan fingerprint density at radius 3 is 2.45 bits per heavy atom. The lowest BCUT2D eigenvalue weighted by Crippen LogP contribution is -2.55. The van der Waals surface area contributed by atoms with E-state index in [4.69, 9.17) is 4.74 Å². The van der Waals surface area contributed by atoms with Crippen LogP contribution < -0.4 is 4.72 Å². The number of aliphatic hydroxyl groups excluding tert-OH is 1. The average molecular weight is 299 g/mol. The summed E-state index contributed by atoms with van der Waals surface area (Å²) in [5.74, 6) is 0.0274. The number of nitrogens with one attached hydrogen (secondary N) is 1. The highest BCUT2D eigenvalue weighted by atomic mass is 32.2. The molecule has 2 rings (SSSR count). The van der Waals surface area contributed by atoms with Gasteiger partial charge < -0.3 is 9.84 Å². The molecule has 5 nitrogen and oxygen atoms in total. The number of hydrogen-bond donors (Lipinski definition) is 2. The van der Waals surface area contributed by atoms with Crippen LogP contribution in [0.1, 0.15) is 18.4 Å². The van der Waals surface area contributed by atoms with E-state index in [2.05, 4.69) is 4.72 Å². The molecule has 1 aromatic carbocycles. The number of aliphatic hydroxyl groups is 1. The molecule has 1 saturated heterocycles. The van der Waals surface area contributed by atoms with Gasteiger partial charge in [-0.25, -0.2) is 13.1 Å². The van der Waals surface area contributed by atoms with Gasteiger partial charge in [0, 0.05) is 13.2 Å². The molecule has 1 aromatic rings. The van der Waals surface area contributed by atoms with Crippen molar-refractivity contribution in [2.45, 2.75) is 24.8 Å². The largest absolute Gasteiger partial charge is 0.394 e. The highest BCUT2D eigenvalue weighted by molar-refractivity contribution is 7.89. The second-order valence-corrected chi connectivity index (χ2v) is 7.05. The summed E-state index contributed by atoms with van der Waals surface area (Å²) in [5.41, 5.74) is 0.233. The monoisotopic (exact) mass is 299 g/mol. The van der Waals surface area contributed by atoms with Crippen LogP contribution in [0.5, 0.6) is 0 Å². The van der Waals surface area contributed by atoms with Crippen LogP contribution in [-0.4, -0.2) is 44.6 Å². The summed E-state index contributed by atoms with van der Waals surface area (Å²) in [4.78, 5) is 0. The van der Waals surface area contributed by atoms with Gasteiger partial charge in [0.2, 0.25) is 10.0 Å². The third-order valence-electron chi connectivity index (χ3n) is 3.63. The molecule has 0 saturated carbocycles. The zero-order valence-corrected chi connectivity index (χ0v) is 12.2. The molecule has 0 amide bonds. The fraction of sp³-hybridized carbons (Fsp3) is 0.571. The maximum Gasteiger partial charge on any atom is 0.212 e. The lowest BCUT2D eigenvalue weighted by Gasteiger charge is -2.35. The van der Waals surface area contributed by atoms with E-state index < -0.39 is 15.6 Å². The van der Waals surface area contributed by atoms with Crippen LogP contribution in [0.25, 0.3) is 0 Å². The van der Waals surface area contributed by atoms with Crippen molar-refractivity contribution in [1.82, 2.24) is 4.72 Å². The van der Waals surface area contributed by atoms with E-state index in [-0.39, 0.29) is 12.4 Å². The molecule has 20 heavy (non-hydrogen) atoms.